The molecular formula is C25H33N3O2. The van der Waals surface area contributed by atoms with Gasteiger partial charge in [-0.15, -0.1) is 0 Å². The van der Waals surface area contributed by atoms with E-state index in [2.05, 4.69) is 35.2 Å². The Morgan fingerprint density at radius 3 is 2.43 bits per heavy atom. The van der Waals surface area contributed by atoms with E-state index in [9.17, 15) is 9.59 Å². The van der Waals surface area contributed by atoms with Crippen LogP contribution in [0, 0.1) is 5.92 Å². The van der Waals surface area contributed by atoms with Crippen molar-refractivity contribution in [2.45, 2.75) is 45.1 Å². The van der Waals surface area contributed by atoms with E-state index in [0.29, 0.717) is 24.2 Å². The number of carbonyl (C=O) groups excluding carboxylic acids is 2. The number of aromatic nitrogens is 1. The maximum atomic E-state index is 12.7. The van der Waals surface area contributed by atoms with Gasteiger partial charge in [0.2, 0.25) is 0 Å². The molecule has 1 aromatic carbocycles. The Labute approximate surface area is 179 Å². The zero-order valence-electron chi connectivity index (χ0n) is 18.1. The van der Waals surface area contributed by atoms with E-state index in [-0.39, 0.29) is 11.7 Å². The Kier molecular flexibility index (Phi) is 6.68. The molecule has 2 aliphatic rings. The number of piperidine rings is 1. The third-order valence-corrected chi connectivity index (χ3v) is 6.69. The molecule has 1 fully saturated rings. The Morgan fingerprint density at radius 2 is 1.67 bits per heavy atom. The first kappa shape index (κ1) is 20.9. The van der Waals surface area contributed by atoms with Gasteiger partial charge in [0.15, 0.2) is 5.78 Å². The molecule has 3 heterocycles. The third kappa shape index (κ3) is 4.84. The van der Waals surface area contributed by atoms with Crippen LogP contribution < -0.4 is 0 Å². The molecule has 0 spiro atoms. The number of amides is 1. The van der Waals surface area contributed by atoms with E-state index >= 15 is 0 Å². The average Bonchev–Trinajstić information content (AvgIpc) is 3.16. The number of benzene rings is 1. The second-order valence-corrected chi connectivity index (χ2v) is 8.85. The number of Topliss-reactive ketones (excluding diaryl/α,β-unsaturated/α-hetero) is 1. The SMILES string of the molecule is CN1CCC(=O)c2ccn(CCCCN3CCC(Cc4ccccc4)CC3)c2C1=O. The summed E-state index contributed by atoms with van der Waals surface area (Å²) in [5, 5.41) is 0. The van der Waals surface area contributed by atoms with Crippen molar-refractivity contribution in [2.75, 3.05) is 33.2 Å². The van der Waals surface area contributed by atoms with Gasteiger partial charge in [0.25, 0.3) is 5.91 Å². The van der Waals surface area contributed by atoms with Gasteiger partial charge in [-0.05, 0) is 69.3 Å². The molecule has 1 amide bonds. The largest absolute Gasteiger partial charge is 0.343 e. The van der Waals surface area contributed by atoms with Gasteiger partial charge >= 0.3 is 0 Å². The van der Waals surface area contributed by atoms with Crippen molar-refractivity contribution in [3.63, 3.8) is 0 Å². The van der Waals surface area contributed by atoms with Gasteiger partial charge < -0.3 is 14.4 Å². The van der Waals surface area contributed by atoms with Crippen LogP contribution in [0.2, 0.25) is 0 Å². The molecule has 5 nitrogen and oxygen atoms in total. The Hall–Kier alpha value is -2.40. The fraction of sp³-hybridized carbons (Fsp3) is 0.520. The number of carbonyl (C=O) groups is 2. The molecule has 0 aliphatic carbocycles. The maximum absolute atomic E-state index is 12.7. The van der Waals surface area contributed by atoms with E-state index < -0.39 is 0 Å². The summed E-state index contributed by atoms with van der Waals surface area (Å²) in [5.74, 6) is 0.862. The number of hydrogen-bond acceptors (Lipinski definition) is 3. The van der Waals surface area contributed by atoms with Gasteiger partial charge in [0, 0.05) is 38.3 Å². The molecule has 2 aliphatic heterocycles. The van der Waals surface area contributed by atoms with Gasteiger partial charge in [0.05, 0.1) is 0 Å². The van der Waals surface area contributed by atoms with Gasteiger partial charge in [-0.3, -0.25) is 9.59 Å². The lowest BCUT2D eigenvalue weighted by molar-refractivity contribution is 0.0787. The first-order chi connectivity index (χ1) is 14.6. The Balaban J connectivity index is 1.21. The standard InChI is InChI=1S/C25H33N3O2/c1-26-15-12-23(29)22-11-18-28(24(22)25(26)30)14-6-5-13-27-16-9-21(10-17-27)19-20-7-3-2-4-8-20/h2-4,7-8,11,18,21H,5-6,9-10,12-17,19H2,1H3. The lowest BCUT2D eigenvalue weighted by Crippen LogP contribution is -2.35. The Bertz CT molecular complexity index is 866. The summed E-state index contributed by atoms with van der Waals surface area (Å²) in [4.78, 5) is 29.2. The fourth-order valence-electron chi connectivity index (χ4n) is 4.79. The quantitative estimate of drug-likeness (QED) is 0.655. The zero-order valence-corrected chi connectivity index (χ0v) is 18.1. The van der Waals surface area contributed by atoms with E-state index in [1.54, 1.807) is 11.9 Å². The molecule has 0 radical (unpaired) electrons. The van der Waals surface area contributed by atoms with Crippen molar-refractivity contribution >= 4 is 11.7 Å². The van der Waals surface area contributed by atoms with Crippen LogP contribution in [-0.4, -0.2) is 59.3 Å². The van der Waals surface area contributed by atoms with Crippen LogP contribution in [0.15, 0.2) is 42.6 Å². The number of rotatable bonds is 7. The van der Waals surface area contributed by atoms with Gasteiger partial charge in [0.1, 0.15) is 5.69 Å². The lowest BCUT2D eigenvalue weighted by Gasteiger charge is -2.32. The number of likely N-dealkylation sites (tertiary alicyclic amines) is 1. The van der Waals surface area contributed by atoms with E-state index in [1.807, 2.05) is 16.8 Å². The smallest absolute Gasteiger partial charge is 0.270 e. The van der Waals surface area contributed by atoms with Crippen LogP contribution in [0.1, 0.15) is 58.5 Å². The predicted octanol–water partition coefficient (Wildman–Crippen LogP) is 3.88. The number of fused-ring (bicyclic) bond motifs is 1. The molecule has 160 valence electrons. The van der Waals surface area contributed by atoms with Crippen molar-refractivity contribution in [3.05, 3.63) is 59.4 Å². The van der Waals surface area contributed by atoms with Crippen LogP contribution in [-0.2, 0) is 13.0 Å². The monoisotopic (exact) mass is 407 g/mol. The summed E-state index contributed by atoms with van der Waals surface area (Å²) < 4.78 is 1.99. The number of nitrogens with zero attached hydrogens (tertiary/aromatic N) is 3. The molecular weight excluding hydrogens is 374 g/mol. The lowest BCUT2D eigenvalue weighted by atomic mass is 9.90. The molecule has 2 aromatic rings. The van der Waals surface area contributed by atoms with Crippen molar-refractivity contribution in [3.8, 4) is 0 Å². The summed E-state index contributed by atoms with van der Waals surface area (Å²) in [6.07, 6.45) is 8.24. The average molecular weight is 408 g/mol. The van der Waals surface area contributed by atoms with Crippen LogP contribution in [0.4, 0.5) is 0 Å². The minimum Gasteiger partial charge on any atom is -0.343 e. The molecule has 0 atom stereocenters. The molecule has 0 saturated carbocycles. The predicted molar refractivity (Wildman–Crippen MR) is 119 cm³/mol. The molecule has 0 unspecified atom stereocenters. The topological polar surface area (TPSA) is 45.6 Å². The van der Waals surface area contributed by atoms with Crippen molar-refractivity contribution in [1.82, 2.24) is 14.4 Å². The molecule has 30 heavy (non-hydrogen) atoms. The maximum Gasteiger partial charge on any atom is 0.270 e. The van der Waals surface area contributed by atoms with Crippen LogP contribution in [0.25, 0.3) is 0 Å². The summed E-state index contributed by atoms with van der Waals surface area (Å²) in [5.41, 5.74) is 2.65. The normalized spacial score (nSPS) is 18.5. The van der Waals surface area contributed by atoms with Gasteiger partial charge in [-0.25, -0.2) is 0 Å². The van der Waals surface area contributed by atoms with Crippen LogP contribution >= 0.6 is 0 Å². The highest BCUT2D eigenvalue weighted by atomic mass is 16.2. The number of hydrogen-bond donors (Lipinski definition) is 0. The number of aryl methyl sites for hydroxylation is 1. The van der Waals surface area contributed by atoms with Crippen molar-refractivity contribution in [1.29, 1.82) is 0 Å². The number of unbranched alkanes of at least 4 members (excludes halogenated alkanes) is 1. The molecule has 5 heteroatoms. The van der Waals surface area contributed by atoms with Crippen LogP contribution in [0.5, 0.6) is 0 Å². The van der Waals surface area contributed by atoms with Crippen LogP contribution in [0.3, 0.4) is 0 Å². The minimum absolute atomic E-state index is 0.0265. The van der Waals surface area contributed by atoms with E-state index in [4.69, 9.17) is 0 Å². The van der Waals surface area contributed by atoms with Gasteiger partial charge in [-0.2, -0.15) is 0 Å². The summed E-state index contributed by atoms with van der Waals surface area (Å²) in [7, 11) is 1.78. The molecule has 1 saturated heterocycles. The second kappa shape index (κ2) is 9.61. The second-order valence-electron chi connectivity index (χ2n) is 8.85. The third-order valence-electron chi connectivity index (χ3n) is 6.69. The van der Waals surface area contributed by atoms with Crippen molar-refractivity contribution < 1.29 is 9.59 Å². The Morgan fingerprint density at radius 1 is 0.933 bits per heavy atom. The molecule has 4 rings (SSSR count). The van der Waals surface area contributed by atoms with E-state index in [0.717, 1.165) is 31.8 Å². The minimum atomic E-state index is -0.0265. The fourth-order valence-corrected chi connectivity index (χ4v) is 4.79. The summed E-state index contributed by atoms with van der Waals surface area (Å²) >= 11 is 0. The molecule has 1 aromatic heterocycles. The highest BCUT2D eigenvalue weighted by Crippen LogP contribution is 2.23. The highest BCUT2D eigenvalue weighted by molar-refractivity contribution is 6.08. The number of ketones is 1. The summed E-state index contributed by atoms with van der Waals surface area (Å²) in [6.45, 7) is 4.80. The molecule has 0 N–H and O–H groups in total. The van der Waals surface area contributed by atoms with Crippen molar-refractivity contribution in [2.24, 2.45) is 5.92 Å². The highest BCUT2D eigenvalue weighted by Gasteiger charge is 2.28. The first-order valence-electron chi connectivity index (χ1n) is 11.4. The van der Waals surface area contributed by atoms with Gasteiger partial charge in [-0.1, -0.05) is 30.3 Å². The summed E-state index contributed by atoms with van der Waals surface area (Å²) in [6, 6.07) is 12.7. The first-order valence-corrected chi connectivity index (χ1v) is 11.4. The van der Waals surface area contributed by atoms with E-state index in [1.165, 1.54) is 37.9 Å². The zero-order chi connectivity index (χ0) is 20.9. The molecule has 0 bridgehead atoms.